The lowest BCUT2D eigenvalue weighted by atomic mass is 9.81. The van der Waals surface area contributed by atoms with Gasteiger partial charge in [-0.15, -0.1) is 0 Å². The summed E-state index contributed by atoms with van der Waals surface area (Å²) in [5.74, 6) is 0. The second-order valence-electron chi connectivity index (χ2n) is 5.99. The highest BCUT2D eigenvalue weighted by molar-refractivity contribution is 4.86. The lowest BCUT2D eigenvalue weighted by Crippen LogP contribution is -2.52. The van der Waals surface area contributed by atoms with Crippen molar-refractivity contribution in [2.75, 3.05) is 39.4 Å². The van der Waals surface area contributed by atoms with Gasteiger partial charge in [-0.2, -0.15) is 0 Å². The van der Waals surface area contributed by atoms with Crippen LogP contribution in [0.15, 0.2) is 0 Å². The van der Waals surface area contributed by atoms with Crippen molar-refractivity contribution < 1.29 is 4.74 Å². The zero-order valence-corrected chi connectivity index (χ0v) is 13.5. The predicted octanol–water partition coefficient (Wildman–Crippen LogP) is 2.90. The molecule has 0 aromatic carbocycles. The van der Waals surface area contributed by atoms with Crippen LogP contribution >= 0.6 is 0 Å². The molecule has 3 nitrogen and oxygen atoms in total. The fourth-order valence-electron chi connectivity index (χ4n) is 3.01. The molecule has 19 heavy (non-hydrogen) atoms. The van der Waals surface area contributed by atoms with Crippen molar-refractivity contribution in [1.82, 2.24) is 10.2 Å². The average molecular weight is 270 g/mol. The van der Waals surface area contributed by atoms with Gasteiger partial charge in [0.1, 0.15) is 0 Å². The number of rotatable bonds is 9. The Morgan fingerprint density at radius 3 is 2.53 bits per heavy atom. The molecule has 1 saturated heterocycles. The monoisotopic (exact) mass is 270 g/mol. The van der Waals surface area contributed by atoms with Crippen LogP contribution in [0.2, 0.25) is 0 Å². The molecule has 1 N–H and O–H groups in total. The van der Waals surface area contributed by atoms with Crippen molar-refractivity contribution in [3.8, 4) is 0 Å². The van der Waals surface area contributed by atoms with E-state index in [4.69, 9.17) is 4.74 Å². The zero-order valence-electron chi connectivity index (χ0n) is 13.5. The molecule has 0 amide bonds. The van der Waals surface area contributed by atoms with E-state index in [-0.39, 0.29) is 0 Å². The summed E-state index contributed by atoms with van der Waals surface area (Å²) in [6.07, 6.45) is 4.94. The van der Waals surface area contributed by atoms with Gasteiger partial charge in [0.2, 0.25) is 0 Å². The molecule has 1 aliphatic rings. The molecule has 1 aliphatic heterocycles. The summed E-state index contributed by atoms with van der Waals surface area (Å²) in [6, 6.07) is 0.623. The van der Waals surface area contributed by atoms with Gasteiger partial charge in [0, 0.05) is 25.7 Å². The lowest BCUT2D eigenvalue weighted by Gasteiger charge is -2.43. The minimum Gasteiger partial charge on any atom is -0.378 e. The van der Waals surface area contributed by atoms with Crippen LogP contribution in [0.3, 0.4) is 0 Å². The van der Waals surface area contributed by atoms with E-state index in [1.807, 2.05) is 0 Å². The van der Waals surface area contributed by atoms with E-state index in [0.717, 1.165) is 32.8 Å². The van der Waals surface area contributed by atoms with Gasteiger partial charge in [0.15, 0.2) is 0 Å². The third-order valence-corrected chi connectivity index (χ3v) is 4.79. The normalized spacial score (nSPS) is 21.8. The second kappa shape index (κ2) is 8.93. The predicted molar refractivity (Wildman–Crippen MR) is 82.6 cm³/mol. The summed E-state index contributed by atoms with van der Waals surface area (Å²) in [6.45, 7) is 15.7. The Kier molecular flexibility index (Phi) is 7.96. The van der Waals surface area contributed by atoms with E-state index >= 15 is 0 Å². The third-order valence-electron chi connectivity index (χ3n) is 4.79. The summed E-state index contributed by atoms with van der Waals surface area (Å²) in [5.41, 5.74) is 0.430. The lowest BCUT2D eigenvalue weighted by molar-refractivity contribution is -0.0296. The van der Waals surface area contributed by atoms with Crippen LogP contribution in [0.5, 0.6) is 0 Å². The quantitative estimate of drug-likeness (QED) is 0.652. The van der Waals surface area contributed by atoms with Crippen LogP contribution in [0.25, 0.3) is 0 Å². The van der Waals surface area contributed by atoms with Crippen molar-refractivity contribution in [2.24, 2.45) is 5.41 Å². The van der Waals surface area contributed by atoms with Crippen molar-refractivity contribution in [3.63, 3.8) is 0 Å². The van der Waals surface area contributed by atoms with E-state index < -0.39 is 0 Å². The van der Waals surface area contributed by atoms with E-state index in [1.54, 1.807) is 0 Å². The third kappa shape index (κ3) is 5.05. The summed E-state index contributed by atoms with van der Waals surface area (Å²) < 4.78 is 5.63. The first-order valence-electron chi connectivity index (χ1n) is 8.23. The van der Waals surface area contributed by atoms with Crippen LogP contribution in [0.4, 0.5) is 0 Å². The molecule has 1 rings (SSSR count). The van der Waals surface area contributed by atoms with Gasteiger partial charge >= 0.3 is 0 Å². The molecule has 1 heterocycles. The maximum absolute atomic E-state index is 5.63. The Hall–Kier alpha value is -0.120. The minimum absolute atomic E-state index is 0.430. The number of ether oxygens (including phenoxy) is 1. The highest BCUT2D eigenvalue weighted by Crippen LogP contribution is 2.29. The van der Waals surface area contributed by atoms with Gasteiger partial charge in [-0.1, -0.05) is 27.7 Å². The van der Waals surface area contributed by atoms with Crippen LogP contribution in [0, 0.1) is 5.41 Å². The first kappa shape index (κ1) is 16.9. The van der Waals surface area contributed by atoms with Crippen LogP contribution in [-0.2, 0) is 4.74 Å². The van der Waals surface area contributed by atoms with E-state index in [2.05, 4.69) is 37.9 Å². The molecular formula is C16H34N2O. The van der Waals surface area contributed by atoms with Gasteiger partial charge < -0.3 is 10.1 Å². The molecule has 0 saturated carbocycles. The molecule has 1 atom stereocenters. The first-order chi connectivity index (χ1) is 9.21. The molecule has 1 unspecified atom stereocenters. The van der Waals surface area contributed by atoms with E-state index in [1.165, 1.54) is 32.2 Å². The molecule has 0 aliphatic carbocycles. The van der Waals surface area contributed by atoms with E-state index in [9.17, 15) is 0 Å². The van der Waals surface area contributed by atoms with Gasteiger partial charge in [0.05, 0.1) is 13.2 Å². The molecule has 0 aromatic rings. The summed E-state index contributed by atoms with van der Waals surface area (Å²) >= 11 is 0. The molecule has 1 fully saturated rings. The second-order valence-corrected chi connectivity index (χ2v) is 5.99. The Bertz CT molecular complexity index is 229. The number of nitrogens with one attached hydrogen (secondary N) is 1. The molecule has 3 heteroatoms. The summed E-state index contributed by atoms with van der Waals surface area (Å²) in [4.78, 5) is 2.67. The number of nitrogens with zero attached hydrogens (tertiary/aromatic N) is 1. The summed E-state index contributed by atoms with van der Waals surface area (Å²) in [7, 11) is 0. The SMILES string of the molecule is CCCNCC(CC)(CC)CN1CCOCC1CC. The molecule has 0 bridgehead atoms. The summed E-state index contributed by atoms with van der Waals surface area (Å²) in [5, 5.41) is 3.64. The van der Waals surface area contributed by atoms with Crippen LogP contribution in [-0.4, -0.2) is 50.3 Å². The van der Waals surface area contributed by atoms with Gasteiger partial charge in [0.25, 0.3) is 0 Å². The van der Waals surface area contributed by atoms with Gasteiger partial charge in [-0.3, -0.25) is 4.90 Å². The topological polar surface area (TPSA) is 24.5 Å². The van der Waals surface area contributed by atoms with Crippen LogP contribution < -0.4 is 5.32 Å². The standard InChI is InChI=1S/C16H34N2O/c1-5-9-17-13-16(7-3,8-4)14-18-10-11-19-12-15(18)6-2/h15,17H,5-14H2,1-4H3. The highest BCUT2D eigenvalue weighted by Gasteiger charge is 2.32. The van der Waals surface area contributed by atoms with Gasteiger partial charge in [-0.25, -0.2) is 0 Å². The largest absolute Gasteiger partial charge is 0.378 e. The molecule has 0 aromatic heterocycles. The molecular weight excluding hydrogens is 236 g/mol. The Morgan fingerprint density at radius 1 is 1.21 bits per heavy atom. The number of hydrogen-bond acceptors (Lipinski definition) is 3. The van der Waals surface area contributed by atoms with Crippen molar-refractivity contribution in [3.05, 3.63) is 0 Å². The Labute approximate surface area is 120 Å². The zero-order chi connectivity index (χ0) is 14.1. The smallest absolute Gasteiger partial charge is 0.0622 e. The Balaban J connectivity index is 2.59. The van der Waals surface area contributed by atoms with E-state index in [0.29, 0.717) is 11.5 Å². The van der Waals surface area contributed by atoms with Crippen molar-refractivity contribution >= 4 is 0 Å². The Morgan fingerprint density at radius 2 is 1.95 bits per heavy atom. The first-order valence-corrected chi connectivity index (χ1v) is 8.23. The highest BCUT2D eigenvalue weighted by atomic mass is 16.5. The fraction of sp³-hybridized carbons (Fsp3) is 1.00. The maximum atomic E-state index is 5.63. The van der Waals surface area contributed by atoms with Crippen LogP contribution in [0.1, 0.15) is 53.4 Å². The number of hydrogen-bond donors (Lipinski definition) is 1. The molecule has 114 valence electrons. The minimum atomic E-state index is 0.430. The van der Waals surface area contributed by atoms with Crippen molar-refractivity contribution in [2.45, 2.75) is 59.4 Å². The molecule has 0 radical (unpaired) electrons. The fourth-order valence-corrected chi connectivity index (χ4v) is 3.01. The maximum Gasteiger partial charge on any atom is 0.0622 e. The van der Waals surface area contributed by atoms with Crippen molar-refractivity contribution in [1.29, 1.82) is 0 Å². The number of morpholine rings is 1. The average Bonchev–Trinajstić information content (AvgIpc) is 2.47. The molecule has 0 spiro atoms. The van der Waals surface area contributed by atoms with Gasteiger partial charge in [-0.05, 0) is 37.6 Å².